The van der Waals surface area contributed by atoms with Crippen molar-refractivity contribution in [3.05, 3.63) is 24.3 Å². The van der Waals surface area contributed by atoms with Crippen LogP contribution in [-0.2, 0) is 65.4 Å². The third-order valence-corrected chi connectivity index (χ3v) is 20.6. The minimum Gasteiger partial charge on any atom is -0.462 e. The zero-order valence-corrected chi connectivity index (χ0v) is 66.8. The number of carbonyl (C=O) groups excluding carboxylic acids is 4. The fraction of sp³-hybridized carbons (Fsp3) is 0.901. The van der Waals surface area contributed by atoms with Crippen molar-refractivity contribution in [3.8, 4) is 0 Å². The average molecular weight is 1460 g/mol. The zero-order chi connectivity index (χ0) is 73.5. The molecule has 0 fully saturated rings. The Hall–Kier alpha value is -2.46. The zero-order valence-electron chi connectivity index (χ0n) is 65.0. The maximum Gasteiger partial charge on any atom is 0.472 e. The van der Waals surface area contributed by atoms with Crippen LogP contribution in [-0.4, -0.2) is 96.7 Å². The highest BCUT2D eigenvalue weighted by Crippen LogP contribution is 2.45. The predicted octanol–water partition coefficient (Wildman–Crippen LogP) is 23.8. The van der Waals surface area contributed by atoms with Crippen molar-refractivity contribution in [1.82, 2.24) is 0 Å². The molecule has 19 heteroatoms. The number of hydrogen-bond acceptors (Lipinski definition) is 15. The number of esters is 4. The van der Waals surface area contributed by atoms with Gasteiger partial charge in [-0.2, -0.15) is 0 Å². The molecule has 3 unspecified atom stereocenters. The Morgan fingerprint density at radius 2 is 0.590 bits per heavy atom. The summed E-state index contributed by atoms with van der Waals surface area (Å²) in [4.78, 5) is 72.9. The van der Waals surface area contributed by atoms with E-state index in [9.17, 15) is 43.2 Å². The standard InChI is InChI=1S/C81H154O17P2/c1-7-10-12-14-16-18-19-20-25-29-35-40-46-52-58-64-79(84)92-70-77(98-80(85)65-59-53-47-41-36-30-27-24-22-21-23-26-28-34-39-44-50-56-62-74(6)9-3)72-96-100(89,90)94-68-75(82)67-93-99(87,88)95-71-76(69-91-78(83)63-57-51-45-17-15-13-11-8-2)97-81(86)66-60-54-48-42-37-32-31-33-38-43-49-55-61-73(4)5/h18-20,25,73-77,82H,7-17,21-24,26-72H2,1-6H3,(H,87,88)(H,89,90)/b19-18-,25-20-/t74?,75-,76+,77+/m0/s1. The van der Waals surface area contributed by atoms with E-state index in [1.54, 1.807) is 0 Å². The third kappa shape index (κ3) is 72.5. The van der Waals surface area contributed by atoms with Crippen LogP contribution >= 0.6 is 15.6 Å². The van der Waals surface area contributed by atoms with Crippen LogP contribution in [0.5, 0.6) is 0 Å². The molecule has 17 nitrogen and oxygen atoms in total. The Bertz CT molecular complexity index is 2020. The predicted molar refractivity (Wildman–Crippen MR) is 409 cm³/mol. The highest BCUT2D eigenvalue weighted by atomic mass is 31.2. The Morgan fingerprint density at radius 3 is 0.900 bits per heavy atom. The van der Waals surface area contributed by atoms with Crippen molar-refractivity contribution < 1.29 is 80.2 Å². The first-order valence-electron chi connectivity index (χ1n) is 41.3. The molecule has 0 saturated heterocycles. The normalized spacial score (nSPS) is 14.3. The first-order chi connectivity index (χ1) is 48.4. The molecule has 3 N–H and O–H groups in total. The topological polar surface area (TPSA) is 237 Å². The van der Waals surface area contributed by atoms with E-state index < -0.39 is 97.5 Å². The number of rotatable bonds is 78. The van der Waals surface area contributed by atoms with Gasteiger partial charge in [-0.3, -0.25) is 37.3 Å². The summed E-state index contributed by atoms with van der Waals surface area (Å²) in [6, 6.07) is 0. The van der Waals surface area contributed by atoms with Gasteiger partial charge < -0.3 is 33.8 Å². The number of phosphoric acid groups is 2. The van der Waals surface area contributed by atoms with Gasteiger partial charge in [-0.05, 0) is 63.2 Å². The first-order valence-corrected chi connectivity index (χ1v) is 44.3. The van der Waals surface area contributed by atoms with Crippen molar-refractivity contribution >= 4 is 39.5 Å². The first kappa shape index (κ1) is 97.5. The Morgan fingerprint density at radius 1 is 0.330 bits per heavy atom. The van der Waals surface area contributed by atoms with Crippen LogP contribution in [0.15, 0.2) is 24.3 Å². The molecule has 0 heterocycles. The third-order valence-electron chi connectivity index (χ3n) is 18.7. The minimum atomic E-state index is -4.97. The molecule has 0 amide bonds. The summed E-state index contributed by atoms with van der Waals surface area (Å²) in [6.45, 7) is 9.61. The summed E-state index contributed by atoms with van der Waals surface area (Å²) >= 11 is 0. The molecule has 0 aliphatic carbocycles. The van der Waals surface area contributed by atoms with Gasteiger partial charge in [0.1, 0.15) is 19.3 Å². The minimum absolute atomic E-state index is 0.101. The highest BCUT2D eigenvalue weighted by Gasteiger charge is 2.30. The number of phosphoric ester groups is 2. The highest BCUT2D eigenvalue weighted by molar-refractivity contribution is 7.47. The molecule has 0 aromatic heterocycles. The Labute approximate surface area is 612 Å². The number of unbranched alkanes of at least 4 members (excludes halogenated alkanes) is 44. The van der Waals surface area contributed by atoms with Crippen molar-refractivity contribution in [1.29, 1.82) is 0 Å². The fourth-order valence-corrected chi connectivity index (χ4v) is 13.5. The molecule has 0 radical (unpaired) electrons. The SMILES string of the molecule is CCCCCC/C=C\C=C/CCCCCCCC(=O)OC[C@H](COP(=O)(O)OC[C@@H](O)COP(=O)(O)OC[C@@H](COC(=O)CCCCCCCCCC)OC(=O)CCCCCCCCCCCCCCC(C)C)OC(=O)CCCCCCCCCCCCCCCCCCCCC(C)CC. The van der Waals surface area contributed by atoms with Crippen LogP contribution < -0.4 is 0 Å². The van der Waals surface area contributed by atoms with Gasteiger partial charge in [-0.15, -0.1) is 0 Å². The van der Waals surface area contributed by atoms with Crippen molar-refractivity contribution in [2.45, 2.75) is 419 Å². The maximum absolute atomic E-state index is 13.1. The number of aliphatic hydroxyl groups excluding tert-OH is 1. The molecule has 6 atom stereocenters. The van der Waals surface area contributed by atoms with Crippen LogP contribution in [0.3, 0.4) is 0 Å². The van der Waals surface area contributed by atoms with E-state index >= 15 is 0 Å². The number of carbonyl (C=O) groups is 4. The molecule has 0 spiro atoms. The molecule has 0 saturated carbocycles. The summed E-state index contributed by atoms with van der Waals surface area (Å²) in [5.74, 6) is -0.498. The van der Waals surface area contributed by atoms with E-state index in [2.05, 4.69) is 65.8 Å². The summed E-state index contributed by atoms with van der Waals surface area (Å²) in [6.07, 6.45) is 64.7. The van der Waals surface area contributed by atoms with E-state index in [1.807, 2.05) is 0 Å². The molecule has 0 bridgehead atoms. The van der Waals surface area contributed by atoms with Crippen molar-refractivity contribution in [2.75, 3.05) is 39.6 Å². The molecule has 0 aromatic rings. The number of hydrogen-bond donors (Lipinski definition) is 3. The van der Waals surface area contributed by atoms with Gasteiger partial charge in [0.25, 0.3) is 0 Å². The lowest BCUT2D eigenvalue weighted by Gasteiger charge is -2.21. The molecular weight excluding hydrogens is 1310 g/mol. The lowest BCUT2D eigenvalue weighted by Crippen LogP contribution is -2.30. The summed E-state index contributed by atoms with van der Waals surface area (Å²) in [5.41, 5.74) is 0. The van der Waals surface area contributed by atoms with Crippen LogP contribution in [0.1, 0.15) is 401 Å². The van der Waals surface area contributed by atoms with Crippen molar-refractivity contribution in [3.63, 3.8) is 0 Å². The molecule has 590 valence electrons. The Kier molecular flexibility index (Phi) is 70.3. The van der Waals surface area contributed by atoms with Crippen LogP contribution in [0.2, 0.25) is 0 Å². The molecule has 0 aliphatic rings. The fourth-order valence-electron chi connectivity index (χ4n) is 12.0. The smallest absolute Gasteiger partial charge is 0.462 e. The van der Waals surface area contributed by atoms with E-state index in [4.69, 9.17) is 37.0 Å². The number of aliphatic hydroxyl groups is 1. The summed E-state index contributed by atoms with van der Waals surface area (Å²) in [7, 11) is -9.93. The van der Waals surface area contributed by atoms with Crippen LogP contribution in [0.25, 0.3) is 0 Å². The molecular formula is C81H154O17P2. The van der Waals surface area contributed by atoms with Crippen molar-refractivity contribution in [2.24, 2.45) is 11.8 Å². The number of allylic oxidation sites excluding steroid dienone is 4. The molecule has 0 aliphatic heterocycles. The van der Waals surface area contributed by atoms with Gasteiger partial charge >= 0.3 is 39.5 Å². The lowest BCUT2D eigenvalue weighted by molar-refractivity contribution is -0.161. The van der Waals surface area contributed by atoms with E-state index in [0.717, 1.165) is 127 Å². The van der Waals surface area contributed by atoms with Gasteiger partial charge in [0, 0.05) is 25.7 Å². The maximum atomic E-state index is 13.1. The quantitative estimate of drug-likeness (QED) is 0.0169. The second-order valence-electron chi connectivity index (χ2n) is 29.2. The van der Waals surface area contributed by atoms with Gasteiger partial charge in [-0.1, -0.05) is 348 Å². The van der Waals surface area contributed by atoms with Gasteiger partial charge in [0.15, 0.2) is 12.2 Å². The molecule has 0 rings (SSSR count). The second-order valence-corrected chi connectivity index (χ2v) is 32.1. The largest absolute Gasteiger partial charge is 0.472 e. The van der Waals surface area contributed by atoms with E-state index in [1.165, 1.54) is 193 Å². The average Bonchev–Trinajstić information content (AvgIpc) is 0.955. The van der Waals surface area contributed by atoms with Gasteiger partial charge in [0.05, 0.1) is 26.4 Å². The monoisotopic (exact) mass is 1460 g/mol. The van der Waals surface area contributed by atoms with Crippen LogP contribution in [0, 0.1) is 11.8 Å². The van der Waals surface area contributed by atoms with Gasteiger partial charge in [0.2, 0.25) is 0 Å². The summed E-state index contributed by atoms with van der Waals surface area (Å²) < 4.78 is 68.6. The Balaban J connectivity index is 5.21. The summed E-state index contributed by atoms with van der Waals surface area (Å²) in [5, 5.41) is 10.6. The lowest BCUT2D eigenvalue weighted by atomic mass is 9.99. The molecule has 100 heavy (non-hydrogen) atoms. The van der Waals surface area contributed by atoms with E-state index in [0.29, 0.717) is 25.7 Å². The van der Waals surface area contributed by atoms with Gasteiger partial charge in [-0.25, -0.2) is 9.13 Å². The number of ether oxygens (including phenoxy) is 4. The second kappa shape index (κ2) is 72.1. The van der Waals surface area contributed by atoms with E-state index in [-0.39, 0.29) is 25.7 Å². The molecule has 0 aromatic carbocycles. The van der Waals surface area contributed by atoms with Crippen LogP contribution in [0.4, 0.5) is 0 Å².